The number of hydrogen-bond acceptors (Lipinski definition) is 3. The van der Waals surface area contributed by atoms with Gasteiger partial charge in [-0.15, -0.1) is 0 Å². The lowest BCUT2D eigenvalue weighted by molar-refractivity contribution is -0.138. The maximum atomic E-state index is 13.1. The summed E-state index contributed by atoms with van der Waals surface area (Å²) in [6.07, 6.45) is 0.697. The zero-order valence-electron chi connectivity index (χ0n) is 15.7. The van der Waals surface area contributed by atoms with Gasteiger partial charge in [-0.3, -0.25) is 4.79 Å². The Labute approximate surface area is 174 Å². The van der Waals surface area contributed by atoms with Crippen molar-refractivity contribution in [3.8, 4) is 0 Å². The van der Waals surface area contributed by atoms with E-state index in [-0.39, 0.29) is 18.2 Å². The van der Waals surface area contributed by atoms with Gasteiger partial charge >= 0.3 is 5.97 Å². The van der Waals surface area contributed by atoms with E-state index >= 15 is 0 Å². The van der Waals surface area contributed by atoms with Gasteiger partial charge in [-0.1, -0.05) is 54.4 Å². The summed E-state index contributed by atoms with van der Waals surface area (Å²) in [5, 5.41) is 1.17. The van der Waals surface area contributed by atoms with Gasteiger partial charge in [-0.05, 0) is 41.8 Å². The second kappa shape index (κ2) is 8.80. The van der Waals surface area contributed by atoms with Crippen LogP contribution in [0.15, 0.2) is 59.8 Å². The molecule has 0 fully saturated rings. The zero-order valence-corrected chi connectivity index (χ0v) is 17.3. The Morgan fingerprint density at radius 2 is 1.82 bits per heavy atom. The molecule has 2 aromatic rings. The number of nitrogens with zero attached hydrogens (tertiary/aromatic N) is 1. The minimum atomic E-state index is -0.426. The van der Waals surface area contributed by atoms with Crippen LogP contribution >= 0.6 is 23.2 Å². The topological polar surface area (TPSA) is 46.6 Å². The fourth-order valence-electron chi connectivity index (χ4n) is 3.64. The van der Waals surface area contributed by atoms with Gasteiger partial charge < -0.3 is 9.64 Å². The van der Waals surface area contributed by atoms with Gasteiger partial charge in [0.2, 0.25) is 5.91 Å². The molecule has 28 heavy (non-hydrogen) atoms. The van der Waals surface area contributed by atoms with Crippen molar-refractivity contribution in [2.24, 2.45) is 0 Å². The molecule has 1 heterocycles. The maximum absolute atomic E-state index is 13.1. The number of methoxy groups -OCH3 is 1. The van der Waals surface area contributed by atoms with Crippen LogP contribution in [-0.2, 0) is 20.9 Å². The number of carbonyl (C=O) groups is 2. The van der Waals surface area contributed by atoms with Crippen LogP contribution in [0.1, 0.15) is 36.8 Å². The standard InChI is InChI=1S/C22H21Cl2NO3/c1-3-19-21(22(27)28-2)18(15-7-5-9-17(24)11-15)12-20(26)25(19)13-14-6-4-8-16(23)10-14/h4-11,18H,3,12-13H2,1-2H3. The number of allylic oxidation sites excluding steroid dienone is 1. The first-order valence-corrected chi connectivity index (χ1v) is 9.81. The zero-order chi connectivity index (χ0) is 20.3. The molecule has 0 N–H and O–H groups in total. The summed E-state index contributed by atoms with van der Waals surface area (Å²) in [4.78, 5) is 27.4. The second-order valence-electron chi connectivity index (χ2n) is 6.63. The smallest absolute Gasteiger partial charge is 0.336 e. The minimum absolute atomic E-state index is 0.0468. The predicted octanol–water partition coefficient (Wildman–Crippen LogP) is 5.35. The van der Waals surface area contributed by atoms with Crippen LogP contribution < -0.4 is 0 Å². The molecule has 6 heteroatoms. The SMILES string of the molecule is CCC1=C(C(=O)OC)C(c2cccc(Cl)c2)CC(=O)N1Cc1cccc(Cl)c1. The highest BCUT2D eigenvalue weighted by Gasteiger charge is 2.37. The number of esters is 1. The lowest BCUT2D eigenvalue weighted by Gasteiger charge is -2.35. The molecule has 1 aliphatic heterocycles. The molecule has 3 rings (SSSR count). The Morgan fingerprint density at radius 1 is 1.14 bits per heavy atom. The molecule has 4 nitrogen and oxygen atoms in total. The van der Waals surface area contributed by atoms with Crippen LogP contribution in [-0.4, -0.2) is 23.9 Å². The molecule has 1 atom stereocenters. The number of benzene rings is 2. The van der Waals surface area contributed by atoms with E-state index in [2.05, 4.69) is 0 Å². The Hall–Kier alpha value is -2.30. The van der Waals surface area contributed by atoms with Crippen molar-refractivity contribution in [1.82, 2.24) is 4.90 Å². The highest BCUT2D eigenvalue weighted by Crippen LogP contribution is 2.39. The van der Waals surface area contributed by atoms with Crippen molar-refractivity contribution < 1.29 is 14.3 Å². The summed E-state index contributed by atoms with van der Waals surface area (Å²) in [6.45, 7) is 2.28. The highest BCUT2D eigenvalue weighted by molar-refractivity contribution is 6.30. The lowest BCUT2D eigenvalue weighted by atomic mass is 9.82. The average molecular weight is 418 g/mol. The van der Waals surface area contributed by atoms with Gasteiger partial charge in [-0.25, -0.2) is 4.79 Å². The Bertz CT molecular complexity index is 939. The molecule has 0 bridgehead atoms. The van der Waals surface area contributed by atoms with E-state index in [1.165, 1.54) is 7.11 Å². The Morgan fingerprint density at radius 3 is 2.43 bits per heavy atom. The average Bonchev–Trinajstić information content (AvgIpc) is 2.68. The van der Waals surface area contributed by atoms with Crippen LogP contribution in [0.4, 0.5) is 0 Å². The van der Waals surface area contributed by atoms with Crippen LogP contribution in [0.2, 0.25) is 10.0 Å². The van der Waals surface area contributed by atoms with Gasteiger partial charge in [0.25, 0.3) is 0 Å². The van der Waals surface area contributed by atoms with Crippen molar-refractivity contribution in [3.05, 3.63) is 81.0 Å². The third-order valence-electron chi connectivity index (χ3n) is 4.89. The fourth-order valence-corrected chi connectivity index (χ4v) is 4.06. The van der Waals surface area contributed by atoms with Gasteiger partial charge in [-0.2, -0.15) is 0 Å². The minimum Gasteiger partial charge on any atom is -0.466 e. The normalized spacial score (nSPS) is 17.1. The van der Waals surface area contributed by atoms with E-state index in [9.17, 15) is 9.59 Å². The monoisotopic (exact) mass is 417 g/mol. The lowest BCUT2D eigenvalue weighted by Crippen LogP contribution is -2.38. The summed E-state index contributed by atoms with van der Waals surface area (Å²) in [7, 11) is 1.36. The van der Waals surface area contributed by atoms with E-state index in [0.717, 1.165) is 11.1 Å². The van der Waals surface area contributed by atoms with Gasteiger partial charge in [0, 0.05) is 28.1 Å². The molecule has 0 radical (unpaired) electrons. The van der Waals surface area contributed by atoms with E-state index in [1.807, 2.05) is 37.3 Å². The van der Waals surface area contributed by atoms with Crippen LogP contribution in [0.3, 0.4) is 0 Å². The third-order valence-corrected chi connectivity index (χ3v) is 5.36. The number of rotatable bonds is 5. The summed E-state index contributed by atoms with van der Waals surface area (Å²) >= 11 is 12.2. The van der Waals surface area contributed by atoms with Crippen molar-refractivity contribution in [2.75, 3.05) is 7.11 Å². The fraction of sp³-hybridized carbons (Fsp3) is 0.273. The molecule has 2 aromatic carbocycles. The molecule has 1 aliphatic rings. The highest BCUT2D eigenvalue weighted by atomic mass is 35.5. The quantitative estimate of drug-likeness (QED) is 0.616. The first-order valence-electron chi connectivity index (χ1n) is 9.06. The molecular formula is C22H21Cl2NO3. The summed E-state index contributed by atoms with van der Waals surface area (Å²) in [5.74, 6) is -0.857. The van der Waals surface area contributed by atoms with Gasteiger partial charge in [0.1, 0.15) is 0 Å². The van der Waals surface area contributed by atoms with E-state index in [4.69, 9.17) is 27.9 Å². The molecule has 0 saturated heterocycles. The summed E-state index contributed by atoms with van der Waals surface area (Å²) in [6, 6.07) is 14.6. The first-order chi connectivity index (χ1) is 13.4. The summed E-state index contributed by atoms with van der Waals surface area (Å²) < 4.78 is 5.07. The Kier molecular flexibility index (Phi) is 6.42. The molecular weight excluding hydrogens is 397 g/mol. The van der Waals surface area contributed by atoms with Crippen LogP contribution in [0.25, 0.3) is 0 Å². The van der Waals surface area contributed by atoms with Crippen molar-refractivity contribution >= 4 is 35.1 Å². The van der Waals surface area contributed by atoms with Crippen molar-refractivity contribution in [3.63, 3.8) is 0 Å². The second-order valence-corrected chi connectivity index (χ2v) is 7.50. The van der Waals surface area contributed by atoms with E-state index in [1.54, 1.807) is 23.1 Å². The Balaban J connectivity index is 2.08. The molecule has 0 aromatic heterocycles. The number of hydrogen-bond donors (Lipinski definition) is 0. The van der Waals surface area contributed by atoms with E-state index < -0.39 is 5.97 Å². The first kappa shape index (κ1) is 20.4. The predicted molar refractivity (Wildman–Crippen MR) is 110 cm³/mol. The van der Waals surface area contributed by atoms with Crippen LogP contribution in [0.5, 0.6) is 0 Å². The molecule has 1 amide bonds. The van der Waals surface area contributed by atoms with Gasteiger partial charge in [0.05, 0.1) is 19.2 Å². The number of carbonyl (C=O) groups excluding carboxylic acids is 2. The van der Waals surface area contributed by atoms with Crippen molar-refractivity contribution in [2.45, 2.75) is 32.2 Å². The third kappa shape index (κ3) is 4.23. The molecule has 1 unspecified atom stereocenters. The molecule has 0 saturated carbocycles. The number of halogens is 2. The van der Waals surface area contributed by atoms with Crippen molar-refractivity contribution in [1.29, 1.82) is 0 Å². The molecule has 0 aliphatic carbocycles. The number of amides is 1. The maximum Gasteiger partial charge on any atom is 0.336 e. The van der Waals surface area contributed by atoms with Gasteiger partial charge in [0.15, 0.2) is 0 Å². The number of ether oxygens (including phenoxy) is 1. The van der Waals surface area contributed by atoms with E-state index in [0.29, 0.717) is 34.3 Å². The summed E-state index contributed by atoms with van der Waals surface area (Å²) in [5.41, 5.74) is 2.91. The molecule has 146 valence electrons. The molecule has 0 spiro atoms. The van der Waals surface area contributed by atoms with Crippen LogP contribution in [0, 0.1) is 0 Å². The largest absolute Gasteiger partial charge is 0.466 e.